The number of fused-ring (bicyclic) bond motifs is 1. The number of aromatic nitrogens is 1. The zero-order valence-electron chi connectivity index (χ0n) is 9.54. The van der Waals surface area contributed by atoms with E-state index in [4.69, 9.17) is 15.1 Å². The third kappa shape index (κ3) is 2.09. The molecule has 0 aromatic carbocycles. The number of carbonyl (C=O) groups is 1. The molecule has 2 N–H and O–H groups in total. The van der Waals surface area contributed by atoms with Crippen LogP contribution in [0.4, 0.5) is 0 Å². The summed E-state index contributed by atoms with van der Waals surface area (Å²) in [5, 5.41) is 18.0. The Kier molecular flexibility index (Phi) is 3.35. The van der Waals surface area contributed by atoms with Crippen LogP contribution in [0.5, 0.6) is 0 Å². The van der Waals surface area contributed by atoms with E-state index in [1.165, 1.54) is 16.1 Å². The number of thiophene rings is 1. The Morgan fingerprint density at radius 3 is 2.89 bits per heavy atom. The highest BCUT2D eigenvalue weighted by Crippen LogP contribution is 2.22. The molecule has 6 nitrogen and oxygen atoms in total. The van der Waals surface area contributed by atoms with Gasteiger partial charge in [0.25, 0.3) is 0 Å². The van der Waals surface area contributed by atoms with Crippen LogP contribution < -0.4 is 10.3 Å². The van der Waals surface area contributed by atoms with Crippen LogP contribution >= 0.6 is 11.3 Å². The molecule has 0 aliphatic rings. The van der Waals surface area contributed by atoms with Gasteiger partial charge in [-0.1, -0.05) is 0 Å². The molecule has 0 unspecified atom stereocenters. The molecule has 0 aliphatic heterocycles. The van der Waals surface area contributed by atoms with E-state index in [2.05, 4.69) is 0 Å². The van der Waals surface area contributed by atoms with E-state index >= 15 is 0 Å². The fourth-order valence-corrected chi connectivity index (χ4v) is 2.53. The zero-order valence-corrected chi connectivity index (χ0v) is 10.4. The molecule has 0 fully saturated rings. The van der Waals surface area contributed by atoms with Crippen LogP contribution in [0, 0.1) is 6.92 Å². The van der Waals surface area contributed by atoms with Gasteiger partial charge < -0.3 is 15.1 Å². The number of aliphatic hydroxyl groups excluding tert-OH is 1. The second-order valence-corrected chi connectivity index (χ2v) is 4.87. The summed E-state index contributed by atoms with van der Waals surface area (Å²) in [7, 11) is 0. The van der Waals surface area contributed by atoms with Crippen LogP contribution in [0.2, 0.25) is 0 Å². The molecule has 0 amide bonds. The number of aromatic carboxylic acids is 1. The SMILES string of the molecule is Cc1cc2c(=O)c(C(=O)O)cn(OCCO)c2s1. The summed E-state index contributed by atoms with van der Waals surface area (Å²) < 4.78 is 1.23. The second kappa shape index (κ2) is 4.79. The largest absolute Gasteiger partial charge is 0.477 e. The smallest absolute Gasteiger partial charge is 0.341 e. The Balaban J connectivity index is 2.71. The number of carboxylic acid groups (broad SMARTS) is 1. The predicted octanol–water partition coefficient (Wildman–Crippen LogP) is 0.491. The van der Waals surface area contributed by atoms with Crippen LogP contribution in [-0.2, 0) is 0 Å². The summed E-state index contributed by atoms with van der Waals surface area (Å²) in [5.41, 5.74) is -0.871. The molecular weight excluding hydrogens is 258 g/mol. The Hall–Kier alpha value is -1.86. The lowest BCUT2D eigenvalue weighted by molar-refractivity contribution is 0.0674. The summed E-state index contributed by atoms with van der Waals surface area (Å²) in [5.74, 6) is -1.30. The van der Waals surface area contributed by atoms with Crippen molar-refractivity contribution in [3.8, 4) is 0 Å². The van der Waals surface area contributed by atoms with Crippen LogP contribution in [0.3, 0.4) is 0 Å². The highest BCUT2D eigenvalue weighted by Gasteiger charge is 2.16. The van der Waals surface area contributed by atoms with Crippen LogP contribution in [0.25, 0.3) is 10.2 Å². The quantitative estimate of drug-likeness (QED) is 0.843. The van der Waals surface area contributed by atoms with Gasteiger partial charge in [-0.2, -0.15) is 4.73 Å². The third-order valence-corrected chi connectivity index (χ3v) is 3.36. The van der Waals surface area contributed by atoms with E-state index in [1.54, 1.807) is 6.07 Å². The van der Waals surface area contributed by atoms with Crippen LogP contribution in [-0.4, -0.2) is 34.1 Å². The highest BCUT2D eigenvalue weighted by atomic mass is 32.1. The molecule has 0 atom stereocenters. The molecule has 0 radical (unpaired) electrons. The minimum Gasteiger partial charge on any atom is -0.477 e. The van der Waals surface area contributed by atoms with Gasteiger partial charge in [0.15, 0.2) is 0 Å². The molecule has 0 bridgehead atoms. The van der Waals surface area contributed by atoms with Gasteiger partial charge >= 0.3 is 5.97 Å². The first-order valence-electron chi connectivity index (χ1n) is 5.18. The van der Waals surface area contributed by atoms with E-state index in [-0.39, 0.29) is 18.8 Å². The molecule has 7 heteroatoms. The lowest BCUT2D eigenvalue weighted by Crippen LogP contribution is -2.22. The standard InChI is InChI=1S/C11H11NO5S/c1-6-4-7-9(14)8(11(15)16)5-12(10(7)18-6)17-3-2-13/h4-5,13H,2-3H2,1H3,(H,15,16). The summed E-state index contributed by atoms with van der Waals surface area (Å²) in [4.78, 5) is 29.5. The van der Waals surface area contributed by atoms with Crippen molar-refractivity contribution in [1.82, 2.24) is 4.73 Å². The number of hydrogen-bond donors (Lipinski definition) is 2. The van der Waals surface area contributed by atoms with Crippen molar-refractivity contribution in [2.75, 3.05) is 13.2 Å². The van der Waals surface area contributed by atoms with Gasteiger partial charge in [-0.25, -0.2) is 4.79 Å². The van der Waals surface area contributed by atoms with Crippen molar-refractivity contribution >= 4 is 27.5 Å². The molecule has 0 saturated carbocycles. The number of carboxylic acids is 1. The van der Waals surface area contributed by atoms with Crippen molar-refractivity contribution in [1.29, 1.82) is 0 Å². The van der Waals surface area contributed by atoms with Crippen molar-refractivity contribution < 1.29 is 19.8 Å². The minimum absolute atomic E-state index is 0.0218. The topological polar surface area (TPSA) is 88.8 Å². The van der Waals surface area contributed by atoms with Gasteiger partial charge in [0, 0.05) is 4.88 Å². The molecule has 2 rings (SSSR count). The Labute approximate surface area is 106 Å². The Morgan fingerprint density at radius 1 is 1.56 bits per heavy atom. The van der Waals surface area contributed by atoms with Crippen molar-refractivity contribution in [2.45, 2.75) is 6.92 Å². The molecule has 0 aliphatic carbocycles. The fourth-order valence-electron chi connectivity index (χ4n) is 1.60. The molecular formula is C11H11NO5S. The van der Waals surface area contributed by atoms with Gasteiger partial charge in [0.1, 0.15) is 17.0 Å². The van der Waals surface area contributed by atoms with Gasteiger partial charge in [0.05, 0.1) is 18.2 Å². The lowest BCUT2D eigenvalue weighted by Gasteiger charge is -2.09. The average molecular weight is 269 g/mol. The zero-order chi connectivity index (χ0) is 13.3. The maximum atomic E-state index is 11.9. The van der Waals surface area contributed by atoms with Crippen LogP contribution in [0.15, 0.2) is 17.1 Å². The predicted molar refractivity (Wildman–Crippen MR) is 66.3 cm³/mol. The number of rotatable bonds is 4. The van der Waals surface area contributed by atoms with Gasteiger partial charge in [0.2, 0.25) is 5.43 Å². The van der Waals surface area contributed by atoms with Crippen LogP contribution in [0.1, 0.15) is 15.2 Å². The second-order valence-electron chi connectivity index (χ2n) is 3.64. The van der Waals surface area contributed by atoms with E-state index in [9.17, 15) is 9.59 Å². The van der Waals surface area contributed by atoms with Gasteiger partial charge in [-0.15, -0.1) is 11.3 Å². The first-order valence-corrected chi connectivity index (χ1v) is 5.99. The van der Waals surface area contributed by atoms with Crippen molar-refractivity contribution in [3.63, 3.8) is 0 Å². The fraction of sp³-hybridized carbons (Fsp3) is 0.273. The van der Waals surface area contributed by atoms with E-state index in [0.29, 0.717) is 10.2 Å². The summed E-state index contributed by atoms with van der Waals surface area (Å²) in [6.45, 7) is 1.65. The summed E-state index contributed by atoms with van der Waals surface area (Å²) in [6, 6.07) is 1.63. The molecule has 0 spiro atoms. The highest BCUT2D eigenvalue weighted by molar-refractivity contribution is 7.18. The minimum atomic E-state index is -1.30. The van der Waals surface area contributed by atoms with Crippen molar-refractivity contribution in [2.24, 2.45) is 0 Å². The van der Waals surface area contributed by atoms with Gasteiger partial charge in [-0.05, 0) is 13.0 Å². The number of hydrogen-bond acceptors (Lipinski definition) is 5. The molecule has 2 heterocycles. The van der Waals surface area contributed by atoms with E-state index in [0.717, 1.165) is 11.1 Å². The first kappa shape index (κ1) is 12.6. The average Bonchev–Trinajstić information content (AvgIpc) is 2.70. The third-order valence-electron chi connectivity index (χ3n) is 2.32. The Morgan fingerprint density at radius 2 is 2.28 bits per heavy atom. The van der Waals surface area contributed by atoms with Crippen molar-refractivity contribution in [3.05, 3.63) is 32.9 Å². The number of aryl methyl sites for hydroxylation is 1. The maximum Gasteiger partial charge on any atom is 0.341 e. The molecule has 18 heavy (non-hydrogen) atoms. The molecule has 0 saturated heterocycles. The normalized spacial score (nSPS) is 10.8. The summed E-state index contributed by atoms with van der Waals surface area (Å²) in [6.07, 6.45) is 1.14. The monoisotopic (exact) mass is 269 g/mol. The van der Waals surface area contributed by atoms with Gasteiger partial charge in [-0.3, -0.25) is 4.79 Å². The maximum absolute atomic E-state index is 11.9. The number of nitrogens with zero attached hydrogens (tertiary/aromatic N) is 1. The molecule has 2 aromatic rings. The first-order chi connectivity index (χ1) is 8.54. The number of pyridine rings is 1. The summed E-state index contributed by atoms with van der Waals surface area (Å²) >= 11 is 1.33. The molecule has 2 aromatic heterocycles. The lowest BCUT2D eigenvalue weighted by atomic mass is 10.2. The van der Waals surface area contributed by atoms with E-state index in [1.807, 2.05) is 6.92 Å². The Bertz CT molecular complexity index is 657. The number of aliphatic hydroxyl groups is 1. The van der Waals surface area contributed by atoms with E-state index < -0.39 is 11.4 Å². The molecule has 96 valence electrons.